The van der Waals surface area contributed by atoms with Crippen molar-refractivity contribution in [2.45, 2.75) is 19.4 Å². The minimum Gasteiger partial charge on any atom is -0.493 e. The highest BCUT2D eigenvalue weighted by Gasteiger charge is 2.34. The topological polar surface area (TPSA) is 38.8 Å². The molecule has 0 unspecified atom stereocenters. The third-order valence-corrected chi connectivity index (χ3v) is 7.01. The molecule has 3 heterocycles. The summed E-state index contributed by atoms with van der Waals surface area (Å²) < 4.78 is 11.0. The number of hydrogen-bond donors (Lipinski definition) is 0. The molecule has 0 N–H and O–H groups in total. The van der Waals surface area contributed by atoms with Crippen molar-refractivity contribution >= 4 is 40.2 Å². The Morgan fingerprint density at radius 2 is 2.14 bits per heavy atom. The van der Waals surface area contributed by atoms with Crippen LogP contribution in [-0.2, 0) is 6.42 Å². The molecule has 0 bridgehead atoms. The summed E-state index contributed by atoms with van der Waals surface area (Å²) in [6, 6.07) is 9.57. The van der Waals surface area contributed by atoms with E-state index in [4.69, 9.17) is 21.1 Å². The van der Waals surface area contributed by atoms with Gasteiger partial charge in [0, 0.05) is 21.9 Å². The lowest BCUT2D eigenvalue weighted by Gasteiger charge is -2.35. The Bertz CT molecular complexity index is 984. The number of thiophene rings is 2. The van der Waals surface area contributed by atoms with Gasteiger partial charge in [-0.3, -0.25) is 4.79 Å². The summed E-state index contributed by atoms with van der Waals surface area (Å²) >= 11 is 9.84. The van der Waals surface area contributed by atoms with Gasteiger partial charge in [-0.05, 0) is 53.9 Å². The number of carbonyl (C=O) groups is 1. The minimum absolute atomic E-state index is 0.0569. The van der Waals surface area contributed by atoms with Crippen LogP contribution in [0.4, 0.5) is 0 Å². The largest absolute Gasteiger partial charge is 0.493 e. The maximum atomic E-state index is 13.5. The zero-order valence-electron chi connectivity index (χ0n) is 15.6. The van der Waals surface area contributed by atoms with E-state index in [1.165, 1.54) is 10.4 Å². The molecule has 4 rings (SSSR count). The third kappa shape index (κ3) is 3.41. The Morgan fingerprint density at radius 3 is 2.86 bits per heavy atom. The highest BCUT2D eigenvalue weighted by Crippen LogP contribution is 2.42. The fourth-order valence-corrected chi connectivity index (χ4v) is 5.61. The average Bonchev–Trinajstić information content (AvgIpc) is 3.39. The van der Waals surface area contributed by atoms with Crippen molar-refractivity contribution in [1.29, 1.82) is 0 Å². The molecule has 0 aliphatic carbocycles. The zero-order chi connectivity index (χ0) is 19.7. The first-order valence-electron chi connectivity index (χ1n) is 9.05. The monoisotopic (exact) mass is 433 g/mol. The highest BCUT2D eigenvalue weighted by atomic mass is 35.5. The Labute approximate surface area is 177 Å². The van der Waals surface area contributed by atoms with Gasteiger partial charge in [0.05, 0.1) is 24.8 Å². The van der Waals surface area contributed by atoms with Crippen LogP contribution in [0.15, 0.2) is 41.1 Å². The second-order valence-electron chi connectivity index (χ2n) is 6.39. The van der Waals surface area contributed by atoms with Crippen molar-refractivity contribution in [3.63, 3.8) is 0 Å². The van der Waals surface area contributed by atoms with Gasteiger partial charge in [-0.2, -0.15) is 0 Å². The lowest BCUT2D eigenvalue weighted by atomic mass is 9.97. The van der Waals surface area contributed by atoms with Crippen LogP contribution in [0.25, 0.3) is 0 Å². The van der Waals surface area contributed by atoms with Crippen LogP contribution in [0.5, 0.6) is 11.5 Å². The maximum Gasteiger partial charge on any atom is 0.254 e. The number of carbonyl (C=O) groups excluding carboxylic acids is 1. The molecule has 2 aromatic heterocycles. The molecular formula is C21H20ClNO3S2. The fourth-order valence-electron chi connectivity index (χ4n) is 3.58. The van der Waals surface area contributed by atoms with Crippen molar-refractivity contribution in [2.24, 2.45) is 0 Å². The predicted octanol–water partition coefficient (Wildman–Crippen LogP) is 5.66. The number of ether oxygens (including phenoxy) is 2. The summed E-state index contributed by atoms with van der Waals surface area (Å²) in [7, 11) is 1.55. The van der Waals surface area contributed by atoms with Crippen LogP contribution in [0.1, 0.15) is 38.6 Å². The highest BCUT2D eigenvalue weighted by molar-refractivity contribution is 7.10. The number of rotatable bonds is 5. The SMILES string of the molecule is CCOc1c(Cl)cc(C(=O)N2CCc3sccc3[C@@H]2c2cccs2)cc1OC. The van der Waals surface area contributed by atoms with E-state index in [0.717, 1.165) is 11.3 Å². The molecule has 1 atom stereocenters. The van der Waals surface area contributed by atoms with E-state index in [1.54, 1.807) is 41.9 Å². The van der Waals surface area contributed by atoms with E-state index in [2.05, 4.69) is 22.9 Å². The summed E-state index contributed by atoms with van der Waals surface area (Å²) in [5, 5.41) is 4.54. The number of methoxy groups -OCH3 is 1. The summed E-state index contributed by atoms with van der Waals surface area (Å²) in [5.74, 6) is 0.883. The standard InChI is InChI=1S/C21H20ClNO3S2/c1-3-26-20-15(22)11-13(12-16(20)25-2)21(24)23-8-6-17-14(7-10-28-17)19(23)18-5-4-9-27-18/h4-5,7,9-12,19H,3,6,8H2,1-2H3/t19-/m1/s1. The van der Waals surface area contributed by atoms with E-state index >= 15 is 0 Å². The van der Waals surface area contributed by atoms with Gasteiger partial charge in [-0.1, -0.05) is 17.7 Å². The first-order valence-corrected chi connectivity index (χ1v) is 11.2. The molecule has 0 saturated heterocycles. The minimum atomic E-state index is -0.0705. The molecule has 0 fully saturated rings. The van der Waals surface area contributed by atoms with Crippen LogP contribution in [0.3, 0.4) is 0 Å². The molecule has 0 spiro atoms. The van der Waals surface area contributed by atoms with Crippen molar-refractivity contribution in [2.75, 3.05) is 20.3 Å². The van der Waals surface area contributed by atoms with Gasteiger partial charge in [0.2, 0.25) is 0 Å². The molecule has 28 heavy (non-hydrogen) atoms. The van der Waals surface area contributed by atoms with Crippen LogP contribution in [-0.4, -0.2) is 31.1 Å². The second kappa shape index (κ2) is 8.15. The Kier molecular flexibility index (Phi) is 5.62. The lowest BCUT2D eigenvalue weighted by Crippen LogP contribution is -2.39. The van der Waals surface area contributed by atoms with Crippen molar-refractivity contribution in [3.05, 3.63) is 67.0 Å². The first-order chi connectivity index (χ1) is 13.6. The Balaban J connectivity index is 1.74. The van der Waals surface area contributed by atoms with Gasteiger partial charge < -0.3 is 14.4 Å². The molecule has 3 aromatic rings. The molecule has 4 nitrogen and oxygen atoms in total. The first kappa shape index (κ1) is 19.3. The smallest absolute Gasteiger partial charge is 0.254 e. The van der Waals surface area contributed by atoms with Gasteiger partial charge in [0.1, 0.15) is 0 Å². The predicted molar refractivity (Wildman–Crippen MR) is 114 cm³/mol. The van der Waals surface area contributed by atoms with E-state index in [9.17, 15) is 4.79 Å². The zero-order valence-corrected chi connectivity index (χ0v) is 18.0. The van der Waals surface area contributed by atoms with E-state index in [-0.39, 0.29) is 11.9 Å². The summed E-state index contributed by atoms with van der Waals surface area (Å²) in [4.78, 5) is 18.0. The van der Waals surface area contributed by atoms with E-state index in [0.29, 0.717) is 35.2 Å². The van der Waals surface area contributed by atoms with Gasteiger partial charge in [0.25, 0.3) is 5.91 Å². The second-order valence-corrected chi connectivity index (χ2v) is 8.78. The van der Waals surface area contributed by atoms with Gasteiger partial charge in [0.15, 0.2) is 11.5 Å². The van der Waals surface area contributed by atoms with Crippen LogP contribution in [0, 0.1) is 0 Å². The van der Waals surface area contributed by atoms with E-state index in [1.807, 2.05) is 17.9 Å². The average molecular weight is 434 g/mol. The number of benzene rings is 1. The quantitative estimate of drug-likeness (QED) is 0.521. The summed E-state index contributed by atoms with van der Waals surface area (Å²) in [6.07, 6.45) is 0.864. The number of fused-ring (bicyclic) bond motifs is 1. The number of amides is 1. The molecule has 0 saturated carbocycles. The summed E-state index contributed by atoms with van der Waals surface area (Å²) in [5.41, 5.74) is 1.72. The summed E-state index contributed by atoms with van der Waals surface area (Å²) in [6.45, 7) is 3.02. The molecule has 1 amide bonds. The number of hydrogen-bond acceptors (Lipinski definition) is 5. The third-order valence-electron chi connectivity index (χ3n) is 4.80. The molecule has 146 valence electrons. The number of nitrogens with zero attached hydrogens (tertiary/aromatic N) is 1. The van der Waals surface area contributed by atoms with Crippen LogP contribution in [0.2, 0.25) is 5.02 Å². The Morgan fingerprint density at radius 1 is 1.29 bits per heavy atom. The maximum absolute atomic E-state index is 13.5. The van der Waals surface area contributed by atoms with Crippen LogP contribution >= 0.6 is 34.3 Å². The van der Waals surface area contributed by atoms with Gasteiger partial charge in [-0.25, -0.2) is 0 Å². The molecule has 1 aliphatic heterocycles. The van der Waals surface area contributed by atoms with Gasteiger partial charge in [-0.15, -0.1) is 22.7 Å². The number of halogens is 1. The molecule has 0 radical (unpaired) electrons. The molecular weight excluding hydrogens is 414 g/mol. The molecule has 1 aliphatic rings. The van der Waals surface area contributed by atoms with E-state index < -0.39 is 0 Å². The van der Waals surface area contributed by atoms with Crippen molar-refractivity contribution in [1.82, 2.24) is 4.90 Å². The van der Waals surface area contributed by atoms with Crippen molar-refractivity contribution in [3.8, 4) is 11.5 Å². The Hall–Kier alpha value is -2.02. The van der Waals surface area contributed by atoms with Crippen molar-refractivity contribution < 1.29 is 14.3 Å². The van der Waals surface area contributed by atoms with Crippen LogP contribution < -0.4 is 9.47 Å². The normalized spacial score (nSPS) is 16.0. The lowest BCUT2D eigenvalue weighted by molar-refractivity contribution is 0.0698. The molecule has 1 aromatic carbocycles. The fraction of sp³-hybridized carbons (Fsp3) is 0.286. The molecule has 7 heteroatoms. The van der Waals surface area contributed by atoms with Gasteiger partial charge >= 0.3 is 0 Å².